The topological polar surface area (TPSA) is 133 Å². The van der Waals surface area contributed by atoms with Gasteiger partial charge in [0.15, 0.2) is 0 Å². The third kappa shape index (κ3) is 7.13. The molecule has 222 valence electrons. The van der Waals surface area contributed by atoms with Crippen molar-refractivity contribution in [1.29, 1.82) is 0 Å². The molecule has 13 heteroatoms. The number of benzene rings is 3. The number of nitrogens with one attached hydrogen (secondary N) is 3. The van der Waals surface area contributed by atoms with E-state index in [2.05, 4.69) is 42.3 Å². The number of hydrogen-bond donors (Lipinski definition) is 3. The lowest BCUT2D eigenvalue weighted by molar-refractivity contribution is 0.0120. The van der Waals surface area contributed by atoms with Crippen molar-refractivity contribution >= 4 is 49.9 Å². The molecule has 3 heterocycles. The van der Waals surface area contributed by atoms with Crippen molar-refractivity contribution < 1.29 is 17.5 Å². The first-order valence-corrected chi connectivity index (χ1v) is 15.9. The molecule has 0 bridgehead atoms. The van der Waals surface area contributed by atoms with E-state index in [1.165, 1.54) is 24.7 Å². The Balaban J connectivity index is 1.15. The van der Waals surface area contributed by atoms with Crippen LogP contribution in [0.4, 0.5) is 21.6 Å². The Morgan fingerprint density at radius 3 is 2.93 bits per heavy atom. The van der Waals surface area contributed by atoms with E-state index in [-0.39, 0.29) is 24.3 Å². The lowest BCUT2D eigenvalue weighted by atomic mass is 9.98. The summed E-state index contributed by atoms with van der Waals surface area (Å²) in [6.07, 6.45) is 4.88. The van der Waals surface area contributed by atoms with Crippen LogP contribution < -0.4 is 21.2 Å². The van der Waals surface area contributed by atoms with Gasteiger partial charge in [-0.15, -0.1) is 0 Å². The van der Waals surface area contributed by atoms with Crippen molar-refractivity contribution in [2.24, 2.45) is 10.1 Å². The van der Waals surface area contributed by atoms with Crippen molar-refractivity contribution in [2.45, 2.75) is 19.3 Å². The molecule has 4 aromatic rings. The molecule has 1 aromatic heterocycles. The number of ether oxygens (including phenoxy) is 1. The summed E-state index contributed by atoms with van der Waals surface area (Å²) >= 11 is 0. The second-order valence-corrected chi connectivity index (χ2v) is 12.7. The molecule has 6 rings (SSSR count). The molecule has 2 aliphatic heterocycles. The number of hydrazone groups is 1. The Morgan fingerprint density at radius 2 is 2.07 bits per heavy atom. The van der Waals surface area contributed by atoms with Crippen molar-refractivity contribution in [2.75, 3.05) is 42.0 Å². The van der Waals surface area contributed by atoms with Crippen molar-refractivity contribution in [3.05, 3.63) is 89.5 Å². The maximum absolute atomic E-state index is 13.6. The van der Waals surface area contributed by atoms with Crippen LogP contribution in [0.1, 0.15) is 22.9 Å². The molecule has 11 nitrogen and oxygen atoms in total. The van der Waals surface area contributed by atoms with Gasteiger partial charge < -0.3 is 10.1 Å². The average molecular weight is 603 g/mol. The maximum atomic E-state index is 13.6. The number of aliphatic imine (C=N–C) groups is 1. The number of anilines is 3. The zero-order valence-corrected chi connectivity index (χ0v) is 24.3. The minimum absolute atomic E-state index is 0.000407. The summed E-state index contributed by atoms with van der Waals surface area (Å²) in [7, 11) is -3.06. The van der Waals surface area contributed by atoms with Crippen LogP contribution in [0.5, 0.6) is 0 Å². The van der Waals surface area contributed by atoms with E-state index in [4.69, 9.17) is 4.74 Å². The van der Waals surface area contributed by atoms with Crippen LogP contribution in [0.25, 0.3) is 10.9 Å². The molecular weight excluding hydrogens is 571 g/mol. The predicted octanol–water partition coefficient (Wildman–Crippen LogP) is 3.67. The number of halogens is 1. The fourth-order valence-corrected chi connectivity index (χ4v) is 5.41. The number of aromatic nitrogens is 2. The number of sulfone groups is 1. The van der Waals surface area contributed by atoms with Gasteiger partial charge in [0, 0.05) is 30.1 Å². The molecular formula is C30H31FN8O3S. The lowest BCUT2D eigenvalue weighted by Crippen LogP contribution is -2.31. The minimum Gasteiger partial charge on any atom is -0.354 e. The monoisotopic (exact) mass is 602 g/mol. The first-order chi connectivity index (χ1) is 20.8. The van der Waals surface area contributed by atoms with Gasteiger partial charge >= 0.3 is 0 Å². The molecule has 0 fully saturated rings. The van der Waals surface area contributed by atoms with E-state index >= 15 is 0 Å². The SMILES string of the molecule is CS(=O)(=O)CCN=CC1=NNN(c2ccc3ncnc(Nc4ccc5c(c4)CCNC5OCc4cccc(F)c4)c3c2)C1. The molecule has 0 radical (unpaired) electrons. The van der Waals surface area contributed by atoms with Crippen LogP contribution in [0.3, 0.4) is 0 Å². The highest BCUT2D eigenvalue weighted by molar-refractivity contribution is 7.90. The van der Waals surface area contributed by atoms with Gasteiger partial charge in [-0.25, -0.2) is 28.3 Å². The second-order valence-electron chi connectivity index (χ2n) is 10.4. The highest BCUT2D eigenvalue weighted by Crippen LogP contribution is 2.31. The molecule has 3 aromatic carbocycles. The molecule has 0 aliphatic carbocycles. The van der Waals surface area contributed by atoms with Gasteiger partial charge in [0.1, 0.15) is 39.7 Å². The number of rotatable bonds is 10. The molecule has 0 spiro atoms. The first-order valence-electron chi connectivity index (χ1n) is 13.8. The van der Waals surface area contributed by atoms with E-state index in [0.29, 0.717) is 24.7 Å². The van der Waals surface area contributed by atoms with Gasteiger partial charge in [-0.05, 0) is 65.6 Å². The van der Waals surface area contributed by atoms with E-state index in [9.17, 15) is 12.8 Å². The van der Waals surface area contributed by atoms with Crippen LogP contribution in [0.15, 0.2) is 77.1 Å². The quantitative estimate of drug-likeness (QED) is 0.233. The Kier molecular flexibility index (Phi) is 8.27. The molecule has 0 saturated heterocycles. The van der Waals surface area contributed by atoms with Gasteiger partial charge in [0.25, 0.3) is 0 Å². The van der Waals surface area contributed by atoms with E-state index < -0.39 is 9.84 Å². The summed E-state index contributed by atoms with van der Waals surface area (Å²) < 4.78 is 42.3. The number of nitrogens with zero attached hydrogens (tertiary/aromatic N) is 5. The summed E-state index contributed by atoms with van der Waals surface area (Å²) in [6, 6.07) is 18.4. The number of hydrogen-bond acceptors (Lipinski definition) is 11. The van der Waals surface area contributed by atoms with Crippen LogP contribution in [0.2, 0.25) is 0 Å². The van der Waals surface area contributed by atoms with Crippen LogP contribution in [-0.2, 0) is 27.6 Å². The van der Waals surface area contributed by atoms with Crippen LogP contribution in [-0.4, -0.2) is 62.0 Å². The summed E-state index contributed by atoms with van der Waals surface area (Å²) in [5.41, 5.74) is 9.23. The highest BCUT2D eigenvalue weighted by atomic mass is 32.2. The largest absolute Gasteiger partial charge is 0.354 e. The van der Waals surface area contributed by atoms with E-state index in [1.807, 2.05) is 41.4 Å². The zero-order chi connectivity index (χ0) is 29.8. The van der Waals surface area contributed by atoms with Crippen molar-refractivity contribution in [3.8, 4) is 0 Å². The van der Waals surface area contributed by atoms with Gasteiger partial charge in [-0.1, -0.05) is 18.2 Å². The highest BCUT2D eigenvalue weighted by Gasteiger charge is 2.21. The summed E-state index contributed by atoms with van der Waals surface area (Å²) in [5.74, 6) is 0.393. The standard InChI is InChI=1S/C30H31FN8O3S/c1-43(40,41)12-11-32-16-24-17-39(38-37-24)25-6-8-28-27(15-25)29(35-19-34-28)36-23-5-7-26-21(14-23)9-10-33-30(26)42-18-20-3-2-4-22(31)13-20/h2-8,13-16,19,30,33,38H,9-12,17-18H2,1H3,(H,34,35,36). The number of fused-ring (bicyclic) bond motifs is 2. The predicted molar refractivity (Wildman–Crippen MR) is 166 cm³/mol. The van der Waals surface area contributed by atoms with Crippen LogP contribution in [0, 0.1) is 5.82 Å². The third-order valence-electron chi connectivity index (χ3n) is 7.11. The van der Waals surface area contributed by atoms with E-state index in [0.717, 1.165) is 51.9 Å². The smallest absolute Gasteiger partial charge is 0.149 e. The molecule has 1 atom stereocenters. The maximum Gasteiger partial charge on any atom is 0.149 e. The summed E-state index contributed by atoms with van der Waals surface area (Å²) in [4.78, 5) is 13.1. The number of hydrazine groups is 1. The normalized spacial score (nSPS) is 16.7. The molecule has 0 saturated carbocycles. The van der Waals surface area contributed by atoms with Crippen LogP contribution >= 0.6 is 0 Å². The van der Waals surface area contributed by atoms with Gasteiger partial charge in [0.2, 0.25) is 0 Å². The van der Waals surface area contributed by atoms with Crippen molar-refractivity contribution in [1.82, 2.24) is 20.8 Å². The Morgan fingerprint density at radius 1 is 1.16 bits per heavy atom. The molecule has 1 unspecified atom stereocenters. The minimum atomic E-state index is -3.06. The summed E-state index contributed by atoms with van der Waals surface area (Å²) in [5, 5.41) is 13.9. The Labute approximate surface area is 248 Å². The summed E-state index contributed by atoms with van der Waals surface area (Å²) in [6.45, 7) is 1.73. The fourth-order valence-electron chi connectivity index (χ4n) is 4.97. The van der Waals surface area contributed by atoms with Gasteiger partial charge in [-0.3, -0.25) is 15.3 Å². The van der Waals surface area contributed by atoms with Gasteiger partial charge in [-0.2, -0.15) is 5.10 Å². The second kappa shape index (κ2) is 12.4. The molecule has 43 heavy (non-hydrogen) atoms. The zero-order valence-electron chi connectivity index (χ0n) is 23.5. The third-order valence-corrected chi connectivity index (χ3v) is 8.04. The Bertz CT molecular complexity index is 1810. The Hall–Kier alpha value is -4.46. The molecule has 0 amide bonds. The first kappa shape index (κ1) is 28.6. The molecule has 3 N–H and O–H groups in total. The average Bonchev–Trinajstić information content (AvgIpc) is 3.47. The van der Waals surface area contributed by atoms with Gasteiger partial charge in [0.05, 0.1) is 36.7 Å². The van der Waals surface area contributed by atoms with E-state index in [1.54, 1.807) is 12.3 Å². The fraction of sp³-hybridized carbons (Fsp3) is 0.267. The lowest BCUT2D eigenvalue weighted by Gasteiger charge is -2.27. The van der Waals surface area contributed by atoms with Crippen molar-refractivity contribution in [3.63, 3.8) is 0 Å². The molecule has 2 aliphatic rings.